The van der Waals surface area contributed by atoms with Gasteiger partial charge in [0.2, 0.25) is 16.0 Å². The molecule has 27 heavy (non-hydrogen) atoms. The van der Waals surface area contributed by atoms with Crippen molar-refractivity contribution in [3.8, 4) is 6.01 Å². The van der Waals surface area contributed by atoms with Gasteiger partial charge in [-0.15, -0.1) is 11.6 Å². The molecule has 0 aromatic carbocycles. The second-order valence-corrected chi connectivity index (χ2v) is 7.68. The number of ether oxygens (including phenoxy) is 1. The monoisotopic (exact) mass is 427 g/mol. The summed E-state index contributed by atoms with van der Waals surface area (Å²) >= 11 is 6.17. The van der Waals surface area contributed by atoms with E-state index in [1.54, 1.807) is 0 Å². The van der Waals surface area contributed by atoms with Crippen LogP contribution >= 0.6 is 11.6 Å². The number of allylic oxidation sites excluding steroid dienone is 2. The zero-order chi connectivity index (χ0) is 20.5. The van der Waals surface area contributed by atoms with E-state index in [-0.39, 0.29) is 5.82 Å². The Balaban J connectivity index is 2.25. The summed E-state index contributed by atoms with van der Waals surface area (Å²) in [7, 11) is -4.25. The molecule has 148 valence electrons. The average Bonchev–Trinajstić information content (AvgIpc) is 2.51. The minimum atomic E-state index is -4.62. The normalized spacial score (nSPS) is 22.5. The van der Waals surface area contributed by atoms with Crippen LogP contribution < -0.4 is 15.2 Å². The smallest absolute Gasteiger partial charge is 0.422 e. The summed E-state index contributed by atoms with van der Waals surface area (Å²) in [5.74, 6) is -1.58. The molecule has 2 rings (SSSR count). The van der Waals surface area contributed by atoms with Gasteiger partial charge in [0.05, 0.1) is 0 Å². The lowest BCUT2D eigenvalue weighted by Gasteiger charge is -2.29. The number of hydrogen-bond donors (Lipinski definition) is 2. The summed E-state index contributed by atoms with van der Waals surface area (Å²) in [6.45, 7) is -0.324. The molecule has 0 saturated heterocycles. The molecule has 0 bridgehead atoms. The predicted octanol–water partition coefficient (Wildman–Crippen LogP) is 0.820. The molecule has 1 heterocycles. The fourth-order valence-electron chi connectivity index (χ4n) is 2.07. The number of amides is 1. The molecule has 2 unspecified atom stereocenters. The zero-order valence-corrected chi connectivity index (χ0v) is 15.1. The van der Waals surface area contributed by atoms with E-state index in [9.17, 15) is 26.4 Å². The molecule has 0 spiro atoms. The van der Waals surface area contributed by atoms with E-state index >= 15 is 0 Å². The Bertz CT molecular complexity index is 906. The summed E-state index contributed by atoms with van der Waals surface area (Å²) in [5, 5.41) is 5.65. The molecule has 0 aliphatic heterocycles. The third-order valence-corrected chi connectivity index (χ3v) is 5.07. The van der Waals surface area contributed by atoms with Crippen LogP contribution in [0.2, 0.25) is 0 Å². The molecule has 2 atom stereocenters. The molecule has 3 N–H and O–H groups in total. The van der Waals surface area contributed by atoms with E-state index in [0.717, 1.165) is 12.2 Å². The fraction of sp³-hybridized carbons (Fsp3) is 0.385. The summed E-state index contributed by atoms with van der Waals surface area (Å²) in [5.41, 5.74) is 0. The van der Waals surface area contributed by atoms with Crippen molar-refractivity contribution in [1.29, 1.82) is 0 Å². The topological polar surface area (TPSA) is 137 Å². The molecule has 1 aliphatic carbocycles. The highest BCUT2D eigenvalue weighted by atomic mass is 35.5. The Morgan fingerprint density at radius 2 is 2.04 bits per heavy atom. The highest BCUT2D eigenvalue weighted by Gasteiger charge is 2.48. The molecule has 1 aromatic rings. The van der Waals surface area contributed by atoms with E-state index in [4.69, 9.17) is 16.7 Å². The van der Waals surface area contributed by atoms with E-state index in [1.165, 1.54) is 19.1 Å². The van der Waals surface area contributed by atoms with Crippen molar-refractivity contribution in [3.05, 3.63) is 30.1 Å². The summed E-state index contributed by atoms with van der Waals surface area (Å²) in [4.78, 5) is 21.2. The van der Waals surface area contributed by atoms with Gasteiger partial charge in [0.1, 0.15) is 11.1 Å². The summed E-state index contributed by atoms with van der Waals surface area (Å²) < 4.78 is 64.5. The number of halogens is 4. The number of anilines is 1. The van der Waals surface area contributed by atoms with Crippen LogP contribution in [-0.2, 0) is 14.8 Å². The minimum Gasteiger partial charge on any atom is -0.454 e. The van der Waals surface area contributed by atoms with Gasteiger partial charge in [-0.1, -0.05) is 24.3 Å². The number of rotatable bonds is 5. The Morgan fingerprint density at radius 3 is 2.63 bits per heavy atom. The number of nitrogens with zero attached hydrogens (tertiary/aromatic N) is 3. The van der Waals surface area contributed by atoms with Crippen molar-refractivity contribution in [2.45, 2.75) is 23.2 Å². The van der Waals surface area contributed by atoms with Gasteiger partial charge in [-0.2, -0.15) is 28.1 Å². The first-order valence-electron chi connectivity index (χ1n) is 7.11. The van der Waals surface area contributed by atoms with Crippen molar-refractivity contribution in [3.63, 3.8) is 0 Å². The van der Waals surface area contributed by atoms with Gasteiger partial charge < -0.3 is 4.74 Å². The molecule has 9 nitrogen and oxygen atoms in total. The lowest BCUT2D eigenvalue weighted by molar-refractivity contribution is -0.154. The Labute approximate surface area is 156 Å². The molecule has 1 aromatic heterocycles. The molecular weight excluding hydrogens is 415 g/mol. The Hall–Kier alpha value is -2.25. The summed E-state index contributed by atoms with van der Waals surface area (Å²) in [6, 6.07) is -0.680. The Kier molecular flexibility index (Phi) is 5.77. The molecular formula is C13H13ClF3N5O4S. The lowest BCUT2D eigenvalue weighted by atomic mass is 9.98. The van der Waals surface area contributed by atoms with Gasteiger partial charge in [0.25, 0.3) is 5.91 Å². The number of aryl methyl sites for hydroxylation is 1. The van der Waals surface area contributed by atoms with Crippen LogP contribution in [0.3, 0.4) is 0 Å². The highest BCUT2D eigenvalue weighted by molar-refractivity contribution is 7.90. The maximum Gasteiger partial charge on any atom is 0.422 e. The van der Waals surface area contributed by atoms with Crippen molar-refractivity contribution >= 4 is 33.5 Å². The third kappa shape index (κ3) is 5.37. The number of aromatic nitrogens is 3. The van der Waals surface area contributed by atoms with Crippen LogP contribution in [0.25, 0.3) is 0 Å². The molecule has 1 aliphatic rings. The quantitative estimate of drug-likeness (QED) is 0.663. The van der Waals surface area contributed by atoms with E-state index < -0.39 is 50.8 Å². The van der Waals surface area contributed by atoms with E-state index in [0.29, 0.717) is 0 Å². The third-order valence-electron chi connectivity index (χ3n) is 3.17. The molecule has 14 heteroatoms. The number of sulfonamides is 1. The maximum atomic E-state index is 12.5. The highest BCUT2D eigenvalue weighted by Crippen LogP contribution is 2.31. The molecule has 0 saturated carbocycles. The second-order valence-electron chi connectivity index (χ2n) is 5.37. The minimum absolute atomic E-state index is 0.0526. The first-order chi connectivity index (χ1) is 12.3. The zero-order valence-electron chi connectivity index (χ0n) is 13.6. The van der Waals surface area contributed by atoms with Crippen LogP contribution in [-0.4, -0.2) is 52.2 Å². The van der Waals surface area contributed by atoms with Crippen molar-refractivity contribution in [2.24, 2.45) is 5.14 Å². The SMILES string of the molecule is Cc1nc(NC(=O)C2(Cl)C=CC=CC2S(N)(=O)=O)nc(OCC(F)(F)F)n1. The van der Waals surface area contributed by atoms with Gasteiger partial charge in [-0.3, -0.25) is 10.1 Å². The first kappa shape index (κ1) is 21.1. The maximum absolute atomic E-state index is 12.5. The van der Waals surface area contributed by atoms with Gasteiger partial charge in [-0.25, -0.2) is 13.6 Å². The van der Waals surface area contributed by atoms with Crippen molar-refractivity contribution in [2.75, 3.05) is 11.9 Å². The van der Waals surface area contributed by atoms with Crippen LogP contribution in [0.5, 0.6) is 6.01 Å². The van der Waals surface area contributed by atoms with Crippen LogP contribution in [0.15, 0.2) is 24.3 Å². The number of nitrogens with one attached hydrogen (secondary N) is 1. The fourth-order valence-corrected chi connectivity index (χ4v) is 3.61. The molecule has 0 fully saturated rings. The van der Waals surface area contributed by atoms with Crippen LogP contribution in [0.1, 0.15) is 5.82 Å². The van der Waals surface area contributed by atoms with Gasteiger partial charge in [0.15, 0.2) is 11.5 Å². The Morgan fingerprint density at radius 1 is 1.37 bits per heavy atom. The first-order valence-corrected chi connectivity index (χ1v) is 9.10. The second kappa shape index (κ2) is 7.40. The van der Waals surface area contributed by atoms with E-state index in [2.05, 4.69) is 25.0 Å². The largest absolute Gasteiger partial charge is 0.454 e. The van der Waals surface area contributed by atoms with Crippen LogP contribution in [0.4, 0.5) is 19.1 Å². The summed E-state index contributed by atoms with van der Waals surface area (Å²) in [6.07, 6.45) is 0.294. The van der Waals surface area contributed by atoms with Crippen molar-refractivity contribution in [1.82, 2.24) is 15.0 Å². The van der Waals surface area contributed by atoms with Gasteiger partial charge in [0, 0.05) is 0 Å². The molecule has 1 amide bonds. The van der Waals surface area contributed by atoms with E-state index in [1.807, 2.05) is 0 Å². The number of carbonyl (C=O) groups excluding carboxylic acids is 1. The van der Waals surface area contributed by atoms with Gasteiger partial charge in [-0.05, 0) is 6.92 Å². The molecule has 0 radical (unpaired) electrons. The lowest BCUT2D eigenvalue weighted by Crippen LogP contribution is -2.52. The predicted molar refractivity (Wildman–Crippen MR) is 88.5 cm³/mol. The van der Waals surface area contributed by atoms with Crippen molar-refractivity contribution < 1.29 is 31.1 Å². The number of primary sulfonamides is 1. The number of nitrogens with two attached hydrogens (primary N) is 1. The number of alkyl halides is 4. The van der Waals surface area contributed by atoms with Gasteiger partial charge >= 0.3 is 12.2 Å². The standard InChI is InChI=1S/C13H13ClF3N5O4S/c1-7-19-10(22-11(20-7)26-6-13(15,16)17)21-9(23)12(14)5-3-2-4-8(12)27(18,24)25/h2-5,8H,6H2,1H3,(H2,18,24,25)(H,19,20,21,22,23). The number of hydrogen-bond acceptors (Lipinski definition) is 7. The van der Waals surface area contributed by atoms with Crippen LogP contribution in [0, 0.1) is 6.92 Å². The average molecular weight is 428 g/mol. The number of carbonyl (C=O) groups is 1.